The number of rotatable bonds is 11. The first-order valence-corrected chi connectivity index (χ1v) is 16.0. The number of carbonyl (C=O) groups excluding carboxylic acids is 3. The number of carbonyl (C=O) groups is 3. The molecule has 2 aliphatic heterocycles. The van der Waals surface area contributed by atoms with Crippen molar-refractivity contribution in [2.24, 2.45) is 5.92 Å². The number of aromatic hydroxyl groups is 1. The maximum absolute atomic E-state index is 14.3. The van der Waals surface area contributed by atoms with E-state index < -0.39 is 34.8 Å². The van der Waals surface area contributed by atoms with E-state index in [0.29, 0.717) is 12.1 Å². The number of nitrogens with zero attached hydrogens (tertiary/aromatic N) is 2. The van der Waals surface area contributed by atoms with Crippen molar-refractivity contribution in [2.75, 3.05) is 67.6 Å². The van der Waals surface area contributed by atoms with E-state index >= 15 is 0 Å². The molecule has 3 atom stereocenters. The Morgan fingerprint density at radius 2 is 1.74 bits per heavy atom. The summed E-state index contributed by atoms with van der Waals surface area (Å²) in [6.45, 7) is 6.85. The number of amides is 1. The van der Waals surface area contributed by atoms with Gasteiger partial charge in [-0.05, 0) is 37.7 Å². The van der Waals surface area contributed by atoms with Gasteiger partial charge in [-0.2, -0.15) is 0 Å². The summed E-state index contributed by atoms with van der Waals surface area (Å²) in [4.78, 5) is 46.2. The van der Waals surface area contributed by atoms with Crippen LogP contribution in [-0.2, 0) is 9.59 Å². The number of phenolic OH excluding ortho intramolecular Hbond substituents is 1. The molecular weight excluding hydrogens is 630 g/mol. The van der Waals surface area contributed by atoms with Gasteiger partial charge in [-0.25, -0.2) is 0 Å². The van der Waals surface area contributed by atoms with Crippen LogP contribution in [-0.4, -0.2) is 111 Å². The molecule has 2 aromatic carbocycles. The molecule has 1 fully saturated rings. The third-order valence-corrected chi connectivity index (χ3v) is 9.78. The second-order valence-corrected chi connectivity index (χ2v) is 12.7. The number of methoxy groups -OCH3 is 3. The van der Waals surface area contributed by atoms with Crippen LogP contribution >= 0.6 is 11.6 Å². The van der Waals surface area contributed by atoms with Crippen LogP contribution in [0.15, 0.2) is 35.6 Å². The molecule has 0 bridgehead atoms. The zero-order valence-corrected chi connectivity index (χ0v) is 28.1. The van der Waals surface area contributed by atoms with E-state index in [9.17, 15) is 24.6 Å². The smallest absolute Gasteiger partial charge is 0.231 e. The van der Waals surface area contributed by atoms with Gasteiger partial charge in [-0.3, -0.25) is 14.4 Å². The molecule has 0 radical (unpaired) electrons. The number of Topliss-reactive ketones (excluding diaryl/α,β-unsaturated/α-hetero) is 2. The lowest BCUT2D eigenvalue weighted by Gasteiger charge is -2.38. The second-order valence-electron chi connectivity index (χ2n) is 12.3. The lowest BCUT2D eigenvalue weighted by atomic mass is 9.69. The minimum atomic E-state index is -2.01. The highest BCUT2D eigenvalue weighted by Gasteiger charge is 2.61. The molecule has 0 aromatic heterocycles. The fourth-order valence-corrected chi connectivity index (χ4v) is 6.96. The number of piperazine rings is 1. The van der Waals surface area contributed by atoms with Crippen molar-refractivity contribution >= 4 is 29.1 Å². The molecule has 13 heteroatoms. The zero-order chi connectivity index (χ0) is 34.0. The molecular formula is C34H42ClN3O9. The van der Waals surface area contributed by atoms with Crippen LogP contribution < -0.4 is 24.3 Å². The van der Waals surface area contributed by atoms with Gasteiger partial charge in [-0.1, -0.05) is 24.6 Å². The Labute approximate surface area is 279 Å². The van der Waals surface area contributed by atoms with Gasteiger partial charge < -0.3 is 44.3 Å². The number of benzene rings is 2. The summed E-state index contributed by atoms with van der Waals surface area (Å²) < 4.78 is 22.4. The standard InChI is InChI=1S/C34H42ClN3O9/c1-19-15-23(40)28(32(42)34(19)33(43)29-25(45-4)18-26(46-5)30(35)31(29)47-34)21(20-7-8-22(39)24(16-20)44-3)17-27(41)36-9-6-10-38-13-11-37(2)12-14-38/h7-8,16,18-19,21,39,42H,6,9-15,17H2,1-5H3,(H,36,41). The Balaban J connectivity index is 1.50. The van der Waals surface area contributed by atoms with Gasteiger partial charge in [0.1, 0.15) is 22.1 Å². The van der Waals surface area contributed by atoms with Crippen molar-refractivity contribution in [1.29, 1.82) is 0 Å². The van der Waals surface area contributed by atoms with Crippen molar-refractivity contribution in [3.8, 4) is 28.7 Å². The van der Waals surface area contributed by atoms with Crippen LogP contribution in [0.25, 0.3) is 0 Å². The lowest BCUT2D eigenvalue weighted by Crippen LogP contribution is -2.53. The van der Waals surface area contributed by atoms with Gasteiger partial charge in [0.2, 0.25) is 17.3 Å². The third-order valence-electron chi connectivity index (χ3n) is 9.42. The van der Waals surface area contributed by atoms with Crippen LogP contribution in [0.5, 0.6) is 28.7 Å². The molecule has 3 unspecified atom stereocenters. The number of hydrogen-bond donors (Lipinski definition) is 3. The van der Waals surface area contributed by atoms with Crippen molar-refractivity contribution < 1.29 is 43.5 Å². The number of allylic oxidation sites excluding steroid dienone is 1. The summed E-state index contributed by atoms with van der Waals surface area (Å²) in [5.41, 5.74) is -1.70. The number of phenols is 1. The number of fused-ring (bicyclic) bond motifs is 1. The molecule has 3 aliphatic rings. The summed E-state index contributed by atoms with van der Waals surface area (Å²) in [5, 5.41) is 25.3. The number of ketones is 2. The first-order valence-electron chi connectivity index (χ1n) is 15.7. The minimum absolute atomic E-state index is 0.0164. The lowest BCUT2D eigenvalue weighted by molar-refractivity contribution is -0.121. The molecule has 1 aliphatic carbocycles. The van der Waals surface area contributed by atoms with E-state index in [0.717, 1.165) is 39.1 Å². The quantitative estimate of drug-likeness (QED) is 0.300. The molecule has 12 nitrogen and oxygen atoms in total. The van der Waals surface area contributed by atoms with E-state index in [1.165, 1.54) is 39.5 Å². The number of hydrogen-bond acceptors (Lipinski definition) is 11. The van der Waals surface area contributed by atoms with Gasteiger partial charge in [0, 0.05) is 69.0 Å². The molecule has 5 rings (SSSR count). The molecule has 1 amide bonds. The normalized spacial score (nSPS) is 22.2. The Morgan fingerprint density at radius 1 is 1.06 bits per heavy atom. The monoisotopic (exact) mass is 671 g/mol. The Kier molecular flexibility index (Phi) is 10.2. The maximum Gasteiger partial charge on any atom is 0.231 e. The topological polar surface area (TPSA) is 147 Å². The van der Waals surface area contributed by atoms with Gasteiger partial charge in [-0.15, -0.1) is 0 Å². The molecule has 2 heterocycles. The number of aliphatic hydroxyl groups is 1. The first kappa shape index (κ1) is 34.3. The average Bonchev–Trinajstić information content (AvgIpc) is 3.37. The summed E-state index contributed by atoms with van der Waals surface area (Å²) in [6.07, 6.45) is 0.360. The fraction of sp³-hybridized carbons (Fsp3) is 0.500. The third kappa shape index (κ3) is 6.33. The van der Waals surface area contributed by atoms with E-state index in [1.807, 2.05) is 0 Å². The Bertz CT molecular complexity index is 1590. The molecule has 254 valence electrons. The fourth-order valence-electron chi connectivity index (χ4n) is 6.70. The van der Waals surface area contributed by atoms with Gasteiger partial charge in [0.05, 0.1) is 21.3 Å². The maximum atomic E-state index is 14.3. The zero-order valence-electron chi connectivity index (χ0n) is 27.4. The predicted octanol–water partition coefficient (Wildman–Crippen LogP) is 3.73. The van der Waals surface area contributed by atoms with Crippen molar-refractivity contribution in [1.82, 2.24) is 15.1 Å². The number of nitrogens with one attached hydrogen (secondary N) is 1. The highest BCUT2D eigenvalue weighted by atomic mass is 35.5. The van der Waals surface area contributed by atoms with E-state index in [4.69, 9.17) is 30.5 Å². The Hall–Kier alpha value is -4.00. The van der Waals surface area contributed by atoms with E-state index in [2.05, 4.69) is 22.2 Å². The van der Waals surface area contributed by atoms with Gasteiger partial charge in [0.15, 0.2) is 28.8 Å². The van der Waals surface area contributed by atoms with Crippen molar-refractivity contribution in [2.45, 2.75) is 37.7 Å². The summed E-state index contributed by atoms with van der Waals surface area (Å²) in [5.74, 6) is -3.53. The predicted molar refractivity (Wildman–Crippen MR) is 174 cm³/mol. The number of likely N-dealkylation sites (N-methyl/N-ethyl adjacent to an activating group) is 1. The number of aliphatic hydroxyl groups excluding tert-OH is 1. The van der Waals surface area contributed by atoms with Crippen molar-refractivity contribution in [3.05, 3.63) is 51.7 Å². The van der Waals surface area contributed by atoms with Crippen LogP contribution in [0.3, 0.4) is 0 Å². The molecule has 2 aromatic rings. The Morgan fingerprint density at radius 3 is 2.40 bits per heavy atom. The van der Waals surface area contributed by atoms with Crippen LogP contribution in [0, 0.1) is 5.92 Å². The summed E-state index contributed by atoms with van der Waals surface area (Å²) >= 11 is 6.59. The molecule has 1 spiro atoms. The van der Waals surface area contributed by atoms with E-state index in [1.54, 1.807) is 13.0 Å². The average molecular weight is 672 g/mol. The summed E-state index contributed by atoms with van der Waals surface area (Å²) in [7, 11) is 6.27. The SMILES string of the molecule is COc1cc(C(CC(=O)NCCCN2CCN(C)CC2)C2=C(O)C3(Oc4c(Cl)c(OC)cc(OC)c4C3=O)C(C)CC2=O)ccc1O. The number of ether oxygens (including phenoxy) is 4. The number of halogens is 1. The molecule has 1 saturated heterocycles. The van der Waals surface area contributed by atoms with Crippen LogP contribution in [0.4, 0.5) is 0 Å². The van der Waals surface area contributed by atoms with Gasteiger partial charge in [0.25, 0.3) is 0 Å². The summed E-state index contributed by atoms with van der Waals surface area (Å²) in [6, 6.07) is 5.91. The van der Waals surface area contributed by atoms with Crippen LogP contribution in [0.1, 0.15) is 48.0 Å². The highest BCUT2D eigenvalue weighted by Crippen LogP contribution is 2.56. The largest absolute Gasteiger partial charge is 0.507 e. The molecule has 0 saturated carbocycles. The highest BCUT2D eigenvalue weighted by molar-refractivity contribution is 6.35. The first-order chi connectivity index (χ1) is 22.5. The molecule has 3 N–H and O–H groups in total. The second kappa shape index (κ2) is 14.0. The molecule has 47 heavy (non-hydrogen) atoms. The van der Waals surface area contributed by atoms with Gasteiger partial charge >= 0.3 is 0 Å². The van der Waals surface area contributed by atoms with Crippen LogP contribution in [0.2, 0.25) is 5.02 Å². The van der Waals surface area contributed by atoms with Crippen molar-refractivity contribution in [3.63, 3.8) is 0 Å². The van der Waals surface area contributed by atoms with E-state index in [-0.39, 0.29) is 63.7 Å². The minimum Gasteiger partial charge on any atom is -0.507 e.